The van der Waals surface area contributed by atoms with Gasteiger partial charge in [0, 0.05) is 35.9 Å². The van der Waals surface area contributed by atoms with Crippen molar-refractivity contribution in [3.05, 3.63) is 22.3 Å². The SMILES string of the molecule is CC(C)CNCc1cc(Br)cnc1OC1CCN(C)CC1. The van der Waals surface area contributed by atoms with Crippen molar-refractivity contribution in [3.8, 4) is 5.88 Å². The normalized spacial score (nSPS) is 17.4. The first-order valence-electron chi connectivity index (χ1n) is 7.75. The van der Waals surface area contributed by atoms with Gasteiger partial charge in [-0.15, -0.1) is 0 Å². The molecule has 1 aromatic rings. The van der Waals surface area contributed by atoms with E-state index in [0.29, 0.717) is 12.0 Å². The van der Waals surface area contributed by atoms with Gasteiger partial charge in [0.1, 0.15) is 6.10 Å². The van der Waals surface area contributed by atoms with Gasteiger partial charge in [-0.05, 0) is 54.3 Å². The second-order valence-electron chi connectivity index (χ2n) is 6.26. The van der Waals surface area contributed by atoms with Crippen LogP contribution in [0.5, 0.6) is 5.88 Å². The van der Waals surface area contributed by atoms with Gasteiger partial charge in [0.2, 0.25) is 5.88 Å². The summed E-state index contributed by atoms with van der Waals surface area (Å²) >= 11 is 3.50. The number of halogens is 1. The molecule has 2 rings (SSSR count). The molecule has 0 aliphatic carbocycles. The van der Waals surface area contributed by atoms with Gasteiger partial charge in [-0.3, -0.25) is 0 Å². The van der Waals surface area contributed by atoms with Gasteiger partial charge in [-0.1, -0.05) is 13.8 Å². The molecule has 21 heavy (non-hydrogen) atoms. The minimum Gasteiger partial charge on any atom is -0.474 e. The summed E-state index contributed by atoms with van der Waals surface area (Å²) in [5.41, 5.74) is 1.13. The van der Waals surface area contributed by atoms with E-state index in [1.54, 1.807) is 0 Å². The van der Waals surface area contributed by atoms with Crippen LogP contribution < -0.4 is 10.1 Å². The average Bonchev–Trinajstić information content (AvgIpc) is 2.43. The Morgan fingerprint density at radius 3 is 2.81 bits per heavy atom. The molecular formula is C16H26BrN3O. The van der Waals surface area contributed by atoms with Crippen molar-refractivity contribution in [2.24, 2.45) is 5.92 Å². The molecule has 118 valence electrons. The van der Waals surface area contributed by atoms with Crippen LogP contribution in [0.1, 0.15) is 32.3 Å². The van der Waals surface area contributed by atoms with Crippen LogP contribution in [0.4, 0.5) is 0 Å². The number of piperidine rings is 1. The van der Waals surface area contributed by atoms with Gasteiger partial charge in [0.25, 0.3) is 0 Å². The van der Waals surface area contributed by atoms with Crippen LogP contribution in [-0.4, -0.2) is 42.7 Å². The Morgan fingerprint density at radius 2 is 2.14 bits per heavy atom. The predicted octanol–water partition coefficient (Wildman–Crippen LogP) is 3.06. The second-order valence-corrected chi connectivity index (χ2v) is 7.18. The number of aromatic nitrogens is 1. The van der Waals surface area contributed by atoms with Crippen molar-refractivity contribution in [2.45, 2.75) is 39.3 Å². The molecule has 1 N–H and O–H groups in total. The minimum atomic E-state index is 0.290. The van der Waals surface area contributed by atoms with Crippen molar-refractivity contribution in [1.82, 2.24) is 15.2 Å². The maximum absolute atomic E-state index is 6.15. The highest BCUT2D eigenvalue weighted by molar-refractivity contribution is 9.10. The molecule has 4 nitrogen and oxygen atoms in total. The molecule has 1 aliphatic heterocycles. The maximum atomic E-state index is 6.15. The molecule has 0 unspecified atom stereocenters. The summed E-state index contributed by atoms with van der Waals surface area (Å²) < 4.78 is 7.15. The first-order chi connectivity index (χ1) is 10.0. The molecule has 5 heteroatoms. The quantitative estimate of drug-likeness (QED) is 0.850. The van der Waals surface area contributed by atoms with Crippen LogP contribution in [0, 0.1) is 5.92 Å². The van der Waals surface area contributed by atoms with Crippen molar-refractivity contribution >= 4 is 15.9 Å². The van der Waals surface area contributed by atoms with E-state index in [1.165, 1.54) is 0 Å². The molecule has 0 amide bonds. The zero-order valence-electron chi connectivity index (χ0n) is 13.2. The third kappa shape index (κ3) is 5.57. The van der Waals surface area contributed by atoms with E-state index < -0.39 is 0 Å². The van der Waals surface area contributed by atoms with Gasteiger partial charge in [0.15, 0.2) is 0 Å². The van der Waals surface area contributed by atoms with E-state index >= 15 is 0 Å². The van der Waals surface area contributed by atoms with E-state index in [1.807, 2.05) is 6.20 Å². The fourth-order valence-electron chi connectivity index (χ4n) is 2.46. The van der Waals surface area contributed by atoms with Crippen LogP contribution in [0.2, 0.25) is 0 Å². The Balaban J connectivity index is 1.97. The van der Waals surface area contributed by atoms with Crippen LogP contribution in [0.25, 0.3) is 0 Å². The molecule has 1 aliphatic rings. The standard InChI is InChI=1S/C16H26BrN3O/c1-12(2)9-18-10-13-8-14(17)11-19-16(13)21-15-4-6-20(3)7-5-15/h8,11-12,15,18H,4-7,9-10H2,1-3H3. The van der Waals surface area contributed by atoms with Crippen molar-refractivity contribution in [1.29, 1.82) is 0 Å². The zero-order valence-corrected chi connectivity index (χ0v) is 14.8. The Hall–Kier alpha value is -0.650. The van der Waals surface area contributed by atoms with Crippen LogP contribution >= 0.6 is 15.9 Å². The number of nitrogens with zero attached hydrogens (tertiary/aromatic N) is 2. The predicted molar refractivity (Wildman–Crippen MR) is 89.6 cm³/mol. The lowest BCUT2D eigenvalue weighted by Crippen LogP contribution is -2.36. The van der Waals surface area contributed by atoms with Crippen molar-refractivity contribution in [3.63, 3.8) is 0 Å². The summed E-state index contributed by atoms with van der Waals surface area (Å²) in [6, 6.07) is 2.10. The molecule has 2 heterocycles. The number of pyridine rings is 1. The molecule has 1 aromatic heterocycles. The zero-order chi connectivity index (χ0) is 15.2. The van der Waals surface area contributed by atoms with E-state index in [-0.39, 0.29) is 0 Å². The highest BCUT2D eigenvalue weighted by Crippen LogP contribution is 2.23. The minimum absolute atomic E-state index is 0.290. The molecule has 1 fully saturated rings. The van der Waals surface area contributed by atoms with Crippen LogP contribution in [0.15, 0.2) is 16.7 Å². The number of hydrogen-bond acceptors (Lipinski definition) is 4. The molecule has 1 saturated heterocycles. The lowest BCUT2D eigenvalue weighted by Gasteiger charge is -2.29. The van der Waals surface area contributed by atoms with Gasteiger partial charge < -0.3 is 15.0 Å². The highest BCUT2D eigenvalue weighted by Gasteiger charge is 2.19. The third-order valence-electron chi connectivity index (χ3n) is 3.70. The van der Waals surface area contributed by atoms with E-state index in [0.717, 1.165) is 54.9 Å². The van der Waals surface area contributed by atoms with Crippen molar-refractivity contribution in [2.75, 3.05) is 26.7 Å². The summed E-state index contributed by atoms with van der Waals surface area (Å²) in [4.78, 5) is 6.81. The Kier molecular flexibility index (Phi) is 6.45. The van der Waals surface area contributed by atoms with E-state index in [4.69, 9.17) is 4.74 Å². The maximum Gasteiger partial charge on any atom is 0.218 e. The Bertz CT molecular complexity index is 445. The summed E-state index contributed by atoms with van der Waals surface area (Å²) in [6.45, 7) is 8.42. The molecule has 0 spiro atoms. The van der Waals surface area contributed by atoms with Crippen LogP contribution in [-0.2, 0) is 6.54 Å². The first-order valence-corrected chi connectivity index (χ1v) is 8.54. The van der Waals surface area contributed by atoms with Crippen molar-refractivity contribution < 1.29 is 4.74 Å². The number of hydrogen-bond donors (Lipinski definition) is 1. The molecule has 0 atom stereocenters. The second kappa shape index (κ2) is 8.11. The Morgan fingerprint density at radius 1 is 1.43 bits per heavy atom. The summed E-state index contributed by atoms with van der Waals surface area (Å²) in [7, 11) is 2.16. The fourth-order valence-corrected chi connectivity index (χ4v) is 2.84. The summed E-state index contributed by atoms with van der Waals surface area (Å²) in [5.74, 6) is 1.42. The number of rotatable bonds is 6. The summed E-state index contributed by atoms with van der Waals surface area (Å²) in [6.07, 6.45) is 4.26. The molecule has 0 radical (unpaired) electrons. The first kappa shape index (κ1) is 16.7. The molecule has 0 bridgehead atoms. The van der Waals surface area contributed by atoms with Gasteiger partial charge in [-0.2, -0.15) is 0 Å². The average molecular weight is 356 g/mol. The van der Waals surface area contributed by atoms with E-state index in [9.17, 15) is 0 Å². The molecule has 0 saturated carbocycles. The van der Waals surface area contributed by atoms with Gasteiger partial charge in [0.05, 0.1) is 0 Å². The Labute approximate surface area is 136 Å². The van der Waals surface area contributed by atoms with Gasteiger partial charge >= 0.3 is 0 Å². The lowest BCUT2D eigenvalue weighted by atomic mass is 10.1. The molecular weight excluding hydrogens is 330 g/mol. The van der Waals surface area contributed by atoms with Gasteiger partial charge in [-0.25, -0.2) is 4.98 Å². The largest absolute Gasteiger partial charge is 0.474 e. The number of likely N-dealkylation sites (tertiary alicyclic amines) is 1. The number of ether oxygens (including phenoxy) is 1. The topological polar surface area (TPSA) is 37.4 Å². The fraction of sp³-hybridized carbons (Fsp3) is 0.688. The third-order valence-corrected chi connectivity index (χ3v) is 4.14. The number of nitrogens with one attached hydrogen (secondary N) is 1. The van der Waals surface area contributed by atoms with E-state index in [2.05, 4.69) is 58.1 Å². The highest BCUT2D eigenvalue weighted by atomic mass is 79.9. The van der Waals surface area contributed by atoms with Crippen LogP contribution in [0.3, 0.4) is 0 Å². The summed E-state index contributed by atoms with van der Waals surface area (Å²) in [5, 5.41) is 3.46. The smallest absolute Gasteiger partial charge is 0.218 e. The lowest BCUT2D eigenvalue weighted by molar-refractivity contribution is 0.109. The molecule has 0 aromatic carbocycles. The monoisotopic (exact) mass is 355 g/mol.